The molecule has 1 aromatic carbocycles. The minimum absolute atomic E-state index is 0. The standard InChI is InChI=1S/C21H34N4O.HI/c1-6-22-20(24-17(3)18-12-8-7-11-16(18)2)23-15-21(13-9-10-14-21)19(26)25(4)5;/h7-8,11-12,17H,6,9-10,13-15H2,1-5H3,(H2,22,23,24);1H. The van der Waals surface area contributed by atoms with E-state index in [1.807, 2.05) is 14.1 Å². The largest absolute Gasteiger partial charge is 0.357 e. The van der Waals surface area contributed by atoms with Gasteiger partial charge in [0.25, 0.3) is 0 Å². The molecule has 0 saturated heterocycles. The van der Waals surface area contributed by atoms with Crippen molar-refractivity contribution in [3.05, 3.63) is 35.4 Å². The number of rotatable bonds is 6. The molecule has 1 aliphatic carbocycles. The van der Waals surface area contributed by atoms with E-state index in [0.29, 0.717) is 6.54 Å². The van der Waals surface area contributed by atoms with Gasteiger partial charge in [0.15, 0.2) is 5.96 Å². The van der Waals surface area contributed by atoms with Crippen molar-refractivity contribution in [1.82, 2.24) is 15.5 Å². The van der Waals surface area contributed by atoms with Gasteiger partial charge in [-0.15, -0.1) is 24.0 Å². The summed E-state index contributed by atoms with van der Waals surface area (Å²) in [7, 11) is 3.69. The maximum atomic E-state index is 12.7. The van der Waals surface area contributed by atoms with E-state index in [1.165, 1.54) is 11.1 Å². The Morgan fingerprint density at radius 3 is 2.44 bits per heavy atom. The fraction of sp³-hybridized carbons (Fsp3) is 0.619. The van der Waals surface area contributed by atoms with Gasteiger partial charge in [0.1, 0.15) is 0 Å². The number of carbonyl (C=O) groups is 1. The summed E-state index contributed by atoms with van der Waals surface area (Å²) in [5.74, 6) is 0.989. The van der Waals surface area contributed by atoms with Crippen LogP contribution in [0.1, 0.15) is 56.7 Å². The lowest BCUT2D eigenvalue weighted by atomic mass is 9.85. The zero-order chi connectivity index (χ0) is 19.2. The van der Waals surface area contributed by atoms with E-state index in [9.17, 15) is 4.79 Å². The van der Waals surface area contributed by atoms with Crippen molar-refractivity contribution in [3.63, 3.8) is 0 Å². The van der Waals surface area contributed by atoms with Gasteiger partial charge in [0.2, 0.25) is 5.91 Å². The first-order valence-electron chi connectivity index (χ1n) is 9.72. The normalized spacial score (nSPS) is 17.0. The molecular formula is C21H35IN4O. The van der Waals surface area contributed by atoms with E-state index in [-0.39, 0.29) is 41.3 Å². The fourth-order valence-corrected chi connectivity index (χ4v) is 3.87. The second kappa shape index (κ2) is 10.9. The van der Waals surface area contributed by atoms with E-state index in [4.69, 9.17) is 4.99 Å². The highest BCUT2D eigenvalue weighted by molar-refractivity contribution is 14.0. The topological polar surface area (TPSA) is 56.7 Å². The van der Waals surface area contributed by atoms with Crippen molar-refractivity contribution in [1.29, 1.82) is 0 Å². The maximum Gasteiger partial charge on any atom is 0.230 e. The van der Waals surface area contributed by atoms with Gasteiger partial charge >= 0.3 is 0 Å². The van der Waals surface area contributed by atoms with Crippen LogP contribution in [0.2, 0.25) is 0 Å². The molecule has 5 nitrogen and oxygen atoms in total. The van der Waals surface area contributed by atoms with Gasteiger partial charge < -0.3 is 15.5 Å². The third kappa shape index (κ3) is 6.09. The monoisotopic (exact) mass is 486 g/mol. The molecule has 2 N–H and O–H groups in total. The van der Waals surface area contributed by atoms with Gasteiger partial charge in [-0.3, -0.25) is 9.79 Å². The lowest BCUT2D eigenvalue weighted by Crippen LogP contribution is -2.43. The number of guanidine groups is 1. The lowest BCUT2D eigenvalue weighted by Gasteiger charge is -2.29. The molecule has 1 saturated carbocycles. The molecule has 0 aromatic heterocycles. The van der Waals surface area contributed by atoms with Crippen LogP contribution in [-0.2, 0) is 4.79 Å². The Hall–Kier alpha value is -1.31. The molecule has 1 unspecified atom stereocenters. The van der Waals surface area contributed by atoms with E-state index in [0.717, 1.165) is 38.2 Å². The molecule has 0 bridgehead atoms. The number of nitrogens with one attached hydrogen (secondary N) is 2. The molecule has 2 rings (SSSR count). The number of aliphatic imine (C=N–C) groups is 1. The summed E-state index contributed by atoms with van der Waals surface area (Å²) in [6, 6.07) is 8.54. The zero-order valence-corrected chi connectivity index (χ0v) is 19.7. The first-order chi connectivity index (χ1) is 12.4. The van der Waals surface area contributed by atoms with Crippen LogP contribution in [0.3, 0.4) is 0 Å². The van der Waals surface area contributed by atoms with Crippen molar-refractivity contribution >= 4 is 35.8 Å². The maximum absolute atomic E-state index is 12.7. The summed E-state index contributed by atoms with van der Waals surface area (Å²) >= 11 is 0. The van der Waals surface area contributed by atoms with Crippen LogP contribution in [0.15, 0.2) is 29.3 Å². The Labute approximate surface area is 181 Å². The average molecular weight is 486 g/mol. The van der Waals surface area contributed by atoms with Crippen LogP contribution in [0, 0.1) is 12.3 Å². The molecule has 152 valence electrons. The highest BCUT2D eigenvalue weighted by Gasteiger charge is 2.42. The molecular weight excluding hydrogens is 451 g/mol. The van der Waals surface area contributed by atoms with Gasteiger partial charge in [-0.2, -0.15) is 0 Å². The highest BCUT2D eigenvalue weighted by Crippen LogP contribution is 2.39. The minimum atomic E-state index is -0.336. The number of nitrogens with zero attached hydrogens (tertiary/aromatic N) is 2. The van der Waals surface area contributed by atoms with Crippen LogP contribution in [0.5, 0.6) is 0 Å². The van der Waals surface area contributed by atoms with E-state index < -0.39 is 0 Å². The fourth-order valence-electron chi connectivity index (χ4n) is 3.87. The Morgan fingerprint density at radius 1 is 1.26 bits per heavy atom. The molecule has 1 amide bonds. The summed E-state index contributed by atoms with van der Waals surface area (Å²) in [4.78, 5) is 19.3. The molecule has 0 radical (unpaired) electrons. The number of hydrogen-bond acceptors (Lipinski definition) is 2. The molecule has 1 aromatic rings. The summed E-state index contributed by atoms with van der Waals surface area (Å²) in [6.45, 7) is 7.67. The van der Waals surface area contributed by atoms with E-state index >= 15 is 0 Å². The third-order valence-corrected chi connectivity index (χ3v) is 5.31. The molecule has 1 aliphatic rings. The summed E-state index contributed by atoms with van der Waals surface area (Å²) < 4.78 is 0. The van der Waals surface area contributed by atoms with Gasteiger partial charge in [-0.25, -0.2) is 0 Å². The number of carbonyl (C=O) groups excluding carboxylic acids is 1. The number of halogens is 1. The van der Waals surface area contributed by atoms with Crippen molar-refractivity contribution in [2.75, 3.05) is 27.2 Å². The van der Waals surface area contributed by atoms with Crippen LogP contribution < -0.4 is 10.6 Å². The summed E-state index contributed by atoms with van der Waals surface area (Å²) in [5.41, 5.74) is 2.19. The lowest BCUT2D eigenvalue weighted by molar-refractivity contribution is -0.138. The van der Waals surface area contributed by atoms with Gasteiger partial charge in [-0.05, 0) is 44.7 Å². The van der Waals surface area contributed by atoms with E-state index in [1.54, 1.807) is 4.90 Å². The average Bonchev–Trinajstić information content (AvgIpc) is 3.09. The van der Waals surface area contributed by atoms with Crippen molar-refractivity contribution in [2.24, 2.45) is 10.4 Å². The Bertz CT molecular complexity index is 639. The first kappa shape index (κ1) is 23.7. The molecule has 0 aliphatic heterocycles. The Morgan fingerprint density at radius 2 is 1.89 bits per heavy atom. The van der Waals surface area contributed by atoms with Gasteiger partial charge in [0, 0.05) is 20.6 Å². The predicted octanol–water partition coefficient (Wildman–Crippen LogP) is 3.88. The predicted molar refractivity (Wildman–Crippen MR) is 124 cm³/mol. The van der Waals surface area contributed by atoms with Crippen molar-refractivity contribution in [2.45, 2.75) is 52.5 Å². The summed E-state index contributed by atoms with van der Waals surface area (Å²) in [5, 5.41) is 6.82. The van der Waals surface area contributed by atoms with Gasteiger partial charge in [-0.1, -0.05) is 37.1 Å². The Kier molecular flexibility index (Phi) is 9.56. The second-order valence-electron chi connectivity index (χ2n) is 7.60. The SMILES string of the molecule is CCNC(=NCC1(C(=O)N(C)C)CCCC1)NC(C)c1ccccc1C.I. The van der Waals surface area contributed by atoms with Crippen LogP contribution in [0.4, 0.5) is 0 Å². The number of hydrogen-bond donors (Lipinski definition) is 2. The van der Waals surface area contributed by atoms with Gasteiger partial charge in [0.05, 0.1) is 18.0 Å². The molecule has 6 heteroatoms. The summed E-state index contributed by atoms with van der Waals surface area (Å²) in [6.07, 6.45) is 4.08. The third-order valence-electron chi connectivity index (χ3n) is 5.31. The van der Waals surface area contributed by atoms with Crippen LogP contribution >= 0.6 is 24.0 Å². The zero-order valence-electron chi connectivity index (χ0n) is 17.3. The van der Waals surface area contributed by atoms with Crippen molar-refractivity contribution < 1.29 is 4.79 Å². The van der Waals surface area contributed by atoms with Crippen LogP contribution in [0.25, 0.3) is 0 Å². The number of amides is 1. The first-order valence-corrected chi connectivity index (χ1v) is 9.72. The quantitative estimate of drug-likeness (QED) is 0.365. The molecule has 27 heavy (non-hydrogen) atoms. The number of aryl methyl sites for hydroxylation is 1. The second-order valence-corrected chi connectivity index (χ2v) is 7.60. The Balaban J connectivity index is 0.00000364. The van der Waals surface area contributed by atoms with Crippen molar-refractivity contribution in [3.8, 4) is 0 Å². The molecule has 1 atom stereocenters. The number of benzene rings is 1. The highest BCUT2D eigenvalue weighted by atomic mass is 127. The van der Waals surface area contributed by atoms with E-state index in [2.05, 4.69) is 55.7 Å². The molecule has 0 spiro atoms. The smallest absolute Gasteiger partial charge is 0.230 e. The van der Waals surface area contributed by atoms with Crippen LogP contribution in [-0.4, -0.2) is 44.0 Å². The molecule has 1 fully saturated rings. The minimum Gasteiger partial charge on any atom is -0.357 e. The molecule has 0 heterocycles.